The Bertz CT molecular complexity index is 714. The van der Waals surface area contributed by atoms with Gasteiger partial charge in [0.1, 0.15) is 0 Å². The summed E-state index contributed by atoms with van der Waals surface area (Å²) in [5, 5.41) is 3.10. The Kier molecular flexibility index (Phi) is 4.13. The number of hydrogen-bond acceptors (Lipinski definition) is 1. The first-order valence-electron chi connectivity index (χ1n) is 6.64. The fourth-order valence-electron chi connectivity index (χ4n) is 2.39. The number of halogens is 1. The minimum atomic E-state index is 0.433. The molecule has 2 heteroatoms. The summed E-state index contributed by atoms with van der Waals surface area (Å²) in [4.78, 5) is 1.30. The lowest BCUT2D eigenvalue weighted by atomic mass is 10.0. The molecule has 0 heterocycles. The van der Waals surface area contributed by atoms with Crippen LogP contribution in [0.3, 0.4) is 0 Å². The smallest absolute Gasteiger partial charge is 0.0322 e. The van der Waals surface area contributed by atoms with Crippen molar-refractivity contribution >= 4 is 38.5 Å². The van der Waals surface area contributed by atoms with Gasteiger partial charge >= 0.3 is 0 Å². The standard InChI is InChI=1S/C18H15BrS/c1-13(20-16-11-9-15(19)10-12-16)17-8-4-6-14-5-2-3-7-18(14)17/h2-13H,1H3. The summed E-state index contributed by atoms with van der Waals surface area (Å²) in [5.74, 6) is 0. The van der Waals surface area contributed by atoms with Crippen LogP contribution in [0, 0.1) is 0 Å². The van der Waals surface area contributed by atoms with Gasteiger partial charge in [0, 0.05) is 14.6 Å². The van der Waals surface area contributed by atoms with E-state index < -0.39 is 0 Å². The first-order valence-corrected chi connectivity index (χ1v) is 8.31. The Morgan fingerprint density at radius 3 is 2.35 bits per heavy atom. The molecule has 0 fully saturated rings. The van der Waals surface area contributed by atoms with Crippen LogP contribution in [0.1, 0.15) is 17.7 Å². The molecule has 1 unspecified atom stereocenters. The average Bonchev–Trinajstić information content (AvgIpc) is 2.49. The van der Waals surface area contributed by atoms with Gasteiger partial charge in [0.25, 0.3) is 0 Å². The Morgan fingerprint density at radius 2 is 1.55 bits per heavy atom. The van der Waals surface area contributed by atoms with Crippen molar-refractivity contribution in [1.29, 1.82) is 0 Å². The van der Waals surface area contributed by atoms with Gasteiger partial charge in [-0.25, -0.2) is 0 Å². The quantitative estimate of drug-likeness (QED) is 0.492. The van der Waals surface area contributed by atoms with Crippen molar-refractivity contribution in [2.75, 3.05) is 0 Å². The predicted octanol–water partition coefficient (Wildman–Crippen LogP) is 6.46. The summed E-state index contributed by atoms with van der Waals surface area (Å²) in [6.07, 6.45) is 0. The third kappa shape index (κ3) is 2.92. The molecule has 0 radical (unpaired) electrons. The topological polar surface area (TPSA) is 0 Å². The number of benzene rings is 3. The number of hydrogen-bond donors (Lipinski definition) is 0. The highest BCUT2D eigenvalue weighted by atomic mass is 79.9. The lowest BCUT2D eigenvalue weighted by molar-refractivity contribution is 1.11. The van der Waals surface area contributed by atoms with E-state index in [1.54, 1.807) is 0 Å². The molecule has 0 aliphatic rings. The van der Waals surface area contributed by atoms with E-state index in [0.717, 1.165) is 4.47 Å². The summed E-state index contributed by atoms with van der Waals surface area (Å²) in [7, 11) is 0. The molecule has 3 aromatic carbocycles. The molecule has 0 amide bonds. The van der Waals surface area contributed by atoms with Crippen molar-refractivity contribution in [2.24, 2.45) is 0 Å². The zero-order valence-electron chi connectivity index (χ0n) is 11.2. The fraction of sp³-hybridized carbons (Fsp3) is 0.111. The zero-order chi connectivity index (χ0) is 13.9. The van der Waals surface area contributed by atoms with E-state index in [4.69, 9.17) is 0 Å². The van der Waals surface area contributed by atoms with Gasteiger partial charge < -0.3 is 0 Å². The Hall–Kier alpha value is -1.25. The molecule has 0 aliphatic carbocycles. The summed E-state index contributed by atoms with van der Waals surface area (Å²) >= 11 is 5.38. The van der Waals surface area contributed by atoms with Crippen molar-refractivity contribution < 1.29 is 0 Å². The van der Waals surface area contributed by atoms with Crippen LogP contribution in [0.15, 0.2) is 76.1 Å². The van der Waals surface area contributed by atoms with Gasteiger partial charge in [-0.15, -0.1) is 11.8 Å². The summed E-state index contributed by atoms with van der Waals surface area (Å²) < 4.78 is 1.12. The molecule has 1 atom stereocenters. The van der Waals surface area contributed by atoms with E-state index >= 15 is 0 Å². The summed E-state index contributed by atoms with van der Waals surface area (Å²) in [6.45, 7) is 2.27. The largest absolute Gasteiger partial charge is 0.118 e. The minimum Gasteiger partial charge on any atom is -0.118 e. The minimum absolute atomic E-state index is 0.433. The summed E-state index contributed by atoms with van der Waals surface area (Å²) in [6, 6.07) is 23.7. The monoisotopic (exact) mass is 342 g/mol. The molecule has 0 spiro atoms. The molecule has 20 heavy (non-hydrogen) atoms. The van der Waals surface area contributed by atoms with E-state index in [2.05, 4.69) is 89.6 Å². The van der Waals surface area contributed by atoms with E-state index in [-0.39, 0.29) is 0 Å². The summed E-state index contributed by atoms with van der Waals surface area (Å²) in [5.41, 5.74) is 1.40. The van der Waals surface area contributed by atoms with Gasteiger partial charge in [-0.2, -0.15) is 0 Å². The average molecular weight is 343 g/mol. The van der Waals surface area contributed by atoms with Crippen molar-refractivity contribution in [3.8, 4) is 0 Å². The van der Waals surface area contributed by atoms with E-state index in [1.165, 1.54) is 21.2 Å². The SMILES string of the molecule is CC(Sc1ccc(Br)cc1)c1cccc2ccccc12. The highest BCUT2D eigenvalue weighted by Crippen LogP contribution is 2.38. The normalized spacial score (nSPS) is 12.5. The molecule has 0 saturated carbocycles. The van der Waals surface area contributed by atoms with E-state index in [0.29, 0.717) is 5.25 Å². The molecule has 3 rings (SSSR count). The Morgan fingerprint density at radius 1 is 0.850 bits per heavy atom. The molecule has 100 valence electrons. The maximum absolute atomic E-state index is 3.48. The Labute approximate surface area is 132 Å². The third-order valence-corrected chi connectivity index (χ3v) is 5.07. The molecule has 0 bridgehead atoms. The third-order valence-electron chi connectivity index (χ3n) is 3.39. The van der Waals surface area contributed by atoms with Crippen molar-refractivity contribution in [2.45, 2.75) is 17.1 Å². The molecule has 0 aliphatic heterocycles. The van der Waals surface area contributed by atoms with Crippen molar-refractivity contribution in [3.05, 3.63) is 76.8 Å². The van der Waals surface area contributed by atoms with E-state index in [9.17, 15) is 0 Å². The van der Waals surface area contributed by atoms with E-state index in [1.807, 2.05) is 11.8 Å². The van der Waals surface area contributed by atoms with Crippen LogP contribution in [0.5, 0.6) is 0 Å². The lowest BCUT2D eigenvalue weighted by Crippen LogP contribution is -1.90. The first kappa shape index (κ1) is 13.7. The van der Waals surface area contributed by atoms with Crippen LogP contribution >= 0.6 is 27.7 Å². The Balaban J connectivity index is 1.92. The molecule has 0 N–H and O–H groups in total. The van der Waals surface area contributed by atoms with Crippen LogP contribution in [-0.4, -0.2) is 0 Å². The van der Waals surface area contributed by atoms with Crippen LogP contribution in [0.4, 0.5) is 0 Å². The van der Waals surface area contributed by atoms with Crippen LogP contribution < -0.4 is 0 Å². The molecule has 0 aromatic heterocycles. The molecular formula is C18H15BrS. The molecule has 0 saturated heterocycles. The maximum Gasteiger partial charge on any atom is 0.0322 e. The number of thioether (sulfide) groups is 1. The van der Waals surface area contributed by atoms with Crippen molar-refractivity contribution in [3.63, 3.8) is 0 Å². The van der Waals surface area contributed by atoms with Crippen LogP contribution in [-0.2, 0) is 0 Å². The number of fused-ring (bicyclic) bond motifs is 1. The molecule has 0 nitrogen and oxygen atoms in total. The number of rotatable bonds is 3. The van der Waals surface area contributed by atoms with Crippen LogP contribution in [0.2, 0.25) is 0 Å². The van der Waals surface area contributed by atoms with Gasteiger partial charge in [0.15, 0.2) is 0 Å². The predicted molar refractivity (Wildman–Crippen MR) is 92.4 cm³/mol. The van der Waals surface area contributed by atoms with Gasteiger partial charge in [0.2, 0.25) is 0 Å². The van der Waals surface area contributed by atoms with Gasteiger partial charge in [-0.05, 0) is 47.5 Å². The van der Waals surface area contributed by atoms with Crippen LogP contribution in [0.25, 0.3) is 10.8 Å². The maximum atomic E-state index is 3.48. The zero-order valence-corrected chi connectivity index (χ0v) is 13.6. The highest BCUT2D eigenvalue weighted by Gasteiger charge is 2.10. The van der Waals surface area contributed by atoms with Crippen molar-refractivity contribution in [1.82, 2.24) is 0 Å². The first-order chi connectivity index (χ1) is 9.74. The lowest BCUT2D eigenvalue weighted by Gasteiger charge is -2.14. The van der Waals surface area contributed by atoms with Gasteiger partial charge in [0.05, 0.1) is 0 Å². The second kappa shape index (κ2) is 6.02. The van der Waals surface area contributed by atoms with Gasteiger partial charge in [-0.1, -0.05) is 58.4 Å². The second-order valence-electron chi connectivity index (χ2n) is 4.78. The molecular weight excluding hydrogens is 328 g/mol. The van der Waals surface area contributed by atoms with Gasteiger partial charge in [-0.3, -0.25) is 0 Å². The highest BCUT2D eigenvalue weighted by molar-refractivity contribution is 9.10. The molecule has 3 aromatic rings. The second-order valence-corrected chi connectivity index (χ2v) is 7.11. The fourth-order valence-corrected chi connectivity index (χ4v) is 3.68.